The highest BCUT2D eigenvalue weighted by molar-refractivity contribution is 8.17. The summed E-state index contributed by atoms with van der Waals surface area (Å²) in [7, 11) is 0. The molecule has 18 heavy (non-hydrogen) atoms. The van der Waals surface area contributed by atoms with Crippen molar-refractivity contribution in [3.8, 4) is 0 Å². The molecule has 0 saturated carbocycles. The molecule has 2 fully saturated rings. The number of hydrogen-bond donors (Lipinski definition) is 0. The third-order valence-corrected chi connectivity index (χ3v) is 5.97. The summed E-state index contributed by atoms with van der Waals surface area (Å²) in [6, 6.07) is 0. The van der Waals surface area contributed by atoms with Crippen LogP contribution in [0.2, 0.25) is 0 Å². The van der Waals surface area contributed by atoms with Gasteiger partial charge in [0.15, 0.2) is 6.29 Å². The molecular weight excluding hydrogens is 271 g/mol. The lowest BCUT2D eigenvalue weighted by atomic mass is 10.2. The maximum atomic E-state index is 13.6. The summed E-state index contributed by atoms with van der Waals surface area (Å²) in [4.78, 5) is 0. The second-order valence-corrected chi connectivity index (χ2v) is 7.44. The molecule has 104 valence electrons. The van der Waals surface area contributed by atoms with E-state index in [0.717, 1.165) is 32.3 Å². The Labute approximate surface area is 117 Å². The molecule has 0 N–H and O–H groups in total. The molecular formula is C13H21FO2S2. The van der Waals surface area contributed by atoms with Crippen LogP contribution in [0.1, 0.15) is 32.1 Å². The topological polar surface area (TPSA) is 18.5 Å². The first-order valence-corrected chi connectivity index (χ1v) is 8.75. The normalized spacial score (nSPS) is 27.4. The Bertz CT molecular complexity index is 262. The Morgan fingerprint density at radius 2 is 2.11 bits per heavy atom. The number of hydrogen-bond acceptors (Lipinski definition) is 4. The zero-order valence-electron chi connectivity index (χ0n) is 10.6. The molecule has 0 radical (unpaired) electrons. The smallest absolute Gasteiger partial charge is 0.158 e. The van der Waals surface area contributed by atoms with Crippen LogP contribution in [0, 0.1) is 0 Å². The van der Waals surface area contributed by atoms with Gasteiger partial charge in [-0.15, -0.1) is 23.5 Å². The van der Waals surface area contributed by atoms with Crippen LogP contribution in [0.4, 0.5) is 4.39 Å². The molecule has 0 aliphatic carbocycles. The minimum absolute atomic E-state index is 0.0622. The van der Waals surface area contributed by atoms with Crippen LogP contribution in [-0.2, 0) is 9.47 Å². The molecule has 0 amide bonds. The number of halogens is 1. The second-order valence-electron chi connectivity index (χ2n) is 4.52. The fraction of sp³-hybridized carbons (Fsp3) is 0.846. The van der Waals surface area contributed by atoms with Crippen molar-refractivity contribution in [2.75, 3.05) is 24.7 Å². The largest absolute Gasteiger partial charge is 0.353 e. The Balaban J connectivity index is 1.61. The third kappa shape index (κ3) is 5.51. The zero-order chi connectivity index (χ0) is 12.6. The summed E-state index contributed by atoms with van der Waals surface area (Å²) in [6.45, 7) is 0.804. The standard InChI is InChI=1S/C13H21FO2S2/c14-11(5-6-13-17-8-3-9-18-13)10-16-12-4-1-2-7-15-12/h5,12-13H,1-4,6-10H2/b11-5+. The Morgan fingerprint density at radius 3 is 2.83 bits per heavy atom. The first-order chi connectivity index (χ1) is 8.84. The maximum absolute atomic E-state index is 13.6. The number of ether oxygens (including phenoxy) is 2. The average Bonchev–Trinajstić information content (AvgIpc) is 2.45. The predicted molar refractivity (Wildman–Crippen MR) is 76.7 cm³/mol. The fourth-order valence-electron chi connectivity index (χ4n) is 1.97. The van der Waals surface area contributed by atoms with E-state index in [1.54, 1.807) is 6.08 Å². The van der Waals surface area contributed by atoms with Gasteiger partial charge in [0.1, 0.15) is 12.4 Å². The van der Waals surface area contributed by atoms with Gasteiger partial charge in [-0.05, 0) is 49.7 Å². The molecule has 2 aliphatic heterocycles. The van der Waals surface area contributed by atoms with Crippen LogP contribution in [0.3, 0.4) is 0 Å². The van der Waals surface area contributed by atoms with Crippen LogP contribution in [-0.4, -0.2) is 35.6 Å². The van der Waals surface area contributed by atoms with Gasteiger partial charge in [-0.25, -0.2) is 4.39 Å². The van der Waals surface area contributed by atoms with Crippen LogP contribution >= 0.6 is 23.5 Å². The molecule has 1 unspecified atom stereocenters. The molecule has 2 saturated heterocycles. The summed E-state index contributed by atoms with van der Waals surface area (Å²) in [5, 5.41) is 0. The van der Waals surface area contributed by atoms with Crippen molar-refractivity contribution < 1.29 is 13.9 Å². The second kappa shape index (κ2) is 8.46. The van der Waals surface area contributed by atoms with E-state index in [1.807, 2.05) is 23.5 Å². The van der Waals surface area contributed by atoms with E-state index in [-0.39, 0.29) is 18.7 Å². The average molecular weight is 292 g/mol. The van der Waals surface area contributed by atoms with E-state index in [1.165, 1.54) is 17.9 Å². The van der Waals surface area contributed by atoms with E-state index in [2.05, 4.69) is 0 Å². The summed E-state index contributed by atoms with van der Waals surface area (Å²) >= 11 is 3.88. The van der Waals surface area contributed by atoms with Crippen molar-refractivity contribution in [1.29, 1.82) is 0 Å². The van der Waals surface area contributed by atoms with Gasteiger partial charge in [-0.1, -0.05) is 0 Å². The molecule has 0 bridgehead atoms. The summed E-state index contributed by atoms with van der Waals surface area (Å²) in [5.74, 6) is 2.26. The highest BCUT2D eigenvalue weighted by Crippen LogP contribution is 2.33. The molecule has 5 heteroatoms. The van der Waals surface area contributed by atoms with Gasteiger partial charge < -0.3 is 9.47 Å². The minimum atomic E-state index is -0.198. The zero-order valence-corrected chi connectivity index (χ0v) is 12.2. The van der Waals surface area contributed by atoms with Crippen molar-refractivity contribution in [2.45, 2.75) is 43.0 Å². The summed E-state index contributed by atoms with van der Waals surface area (Å²) < 4.78 is 24.9. The lowest BCUT2D eigenvalue weighted by Crippen LogP contribution is -2.22. The first kappa shape index (κ1) is 14.7. The molecule has 0 aromatic heterocycles. The van der Waals surface area contributed by atoms with Crippen molar-refractivity contribution >= 4 is 23.5 Å². The SMILES string of the molecule is F/C(=C/CC1SCCCS1)COC1CCCCO1. The van der Waals surface area contributed by atoms with Crippen molar-refractivity contribution in [3.05, 3.63) is 11.9 Å². The molecule has 2 nitrogen and oxygen atoms in total. The lowest BCUT2D eigenvalue weighted by Gasteiger charge is -2.22. The number of rotatable bonds is 5. The monoisotopic (exact) mass is 292 g/mol. The Morgan fingerprint density at radius 1 is 1.28 bits per heavy atom. The highest BCUT2D eigenvalue weighted by Gasteiger charge is 2.16. The molecule has 0 spiro atoms. The number of thioether (sulfide) groups is 2. The summed E-state index contributed by atoms with van der Waals surface area (Å²) in [5.41, 5.74) is 0. The van der Waals surface area contributed by atoms with Gasteiger partial charge in [0.25, 0.3) is 0 Å². The van der Waals surface area contributed by atoms with Crippen molar-refractivity contribution in [3.63, 3.8) is 0 Å². The first-order valence-electron chi connectivity index (χ1n) is 6.65. The summed E-state index contributed by atoms with van der Waals surface area (Å²) in [6.07, 6.45) is 6.66. The van der Waals surface area contributed by atoms with Gasteiger partial charge in [0.2, 0.25) is 0 Å². The van der Waals surface area contributed by atoms with Gasteiger partial charge in [-0.3, -0.25) is 0 Å². The molecule has 0 aromatic rings. The third-order valence-electron chi connectivity index (χ3n) is 2.97. The van der Waals surface area contributed by atoms with E-state index in [4.69, 9.17) is 9.47 Å². The van der Waals surface area contributed by atoms with Crippen LogP contribution in [0.15, 0.2) is 11.9 Å². The molecule has 0 aromatic carbocycles. The number of allylic oxidation sites excluding steroid dienone is 1. The van der Waals surface area contributed by atoms with E-state index >= 15 is 0 Å². The highest BCUT2D eigenvalue weighted by atomic mass is 32.2. The Kier molecular flexibility index (Phi) is 6.91. The van der Waals surface area contributed by atoms with Gasteiger partial charge >= 0.3 is 0 Å². The minimum Gasteiger partial charge on any atom is -0.353 e. The van der Waals surface area contributed by atoms with Crippen LogP contribution in [0.5, 0.6) is 0 Å². The van der Waals surface area contributed by atoms with Crippen LogP contribution < -0.4 is 0 Å². The molecule has 2 aliphatic rings. The fourth-order valence-corrected chi connectivity index (χ4v) is 4.73. The van der Waals surface area contributed by atoms with Gasteiger partial charge in [0.05, 0.1) is 4.58 Å². The molecule has 2 rings (SSSR count). The maximum Gasteiger partial charge on any atom is 0.158 e. The van der Waals surface area contributed by atoms with Crippen molar-refractivity contribution in [2.24, 2.45) is 0 Å². The van der Waals surface area contributed by atoms with E-state index < -0.39 is 0 Å². The van der Waals surface area contributed by atoms with Crippen LogP contribution in [0.25, 0.3) is 0 Å². The molecule has 2 heterocycles. The lowest BCUT2D eigenvalue weighted by molar-refractivity contribution is -0.158. The van der Waals surface area contributed by atoms with Crippen molar-refractivity contribution in [1.82, 2.24) is 0 Å². The van der Waals surface area contributed by atoms with E-state index in [0.29, 0.717) is 4.58 Å². The molecule has 1 atom stereocenters. The van der Waals surface area contributed by atoms with Gasteiger partial charge in [0, 0.05) is 6.61 Å². The predicted octanol–water partition coefficient (Wildman–Crippen LogP) is 3.97. The van der Waals surface area contributed by atoms with Gasteiger partial charge in [-0.2, -0.15) is 0 Å². The Hall–Kier alpha value is 0.290. The quantitative estimate of drug-likeness (QED) is 0.763. The van der Waals surface area contributed by atoms with E-state index in [9.17, 15) is 4.39 Å².